The molecule has 2 aromatic rings. The summed E-state index contributed by atoms with van der Waals surface area (Å²) >= 11 is 0. The Labute approximate surface area is 156 Å². The molecule has 0 aliphatic carbocycles. The number of amides is 1. The van der Waals surface area contributed by atoms with Crippen molar-refractivity contribution in [2.75, 3.05) is 26.2 Å². The van der Waals surface area contributed by atoms with Crippen LogP contribution in [0.3, 0.4) is 0 Å². The second kappa shape index (κ2) is 7.43. The van der Waals surface area contributed by atoms with Gasteiger partial charge in [0, 0.05) is 25.0 Å². The summed E-state index contributed by atoms with van der Waals surface area (Å²) in [4.78, 5) is 18.0. The number of unbranched alkanes of at least 4 members (excludes halogenated alkanes) is 3. The quantitative estimate of drug-likeness (QED) is 0.668. The van der Waals surface area contributed by atoms with Crippen molar-refractivity contribution in [1.82, 2.24) is 14.4 Å². The Kier molecular flexibility index (Phi) is 5.03. The number of para-hydroxylation sites is 1. The van der Waals surface area contributed by atoms with E-state index in [9.17, 15) is 4.79 Å². The Morgan fingerprint density at radius 1 is 1.04 bits per heavy atom. The molecule has 4 heteroatoms. The van der Waals surface area contributed by atoms with Crippen molar-refractivity contribution in [1.29, 1.82) is 0 Å². The Hall–Kier alpha value is -1.81. The van der Waals surface area contributed by atoms with Crippen LogP contribution in [0.5, 0.6) is 0 Å². The summed E-state index contributed by atoms with van der Waals surface area (Å²) in [5.41, 5.74) is 3.80. The molecule has 4 rings (SSSR count). The van der Waals surface area contributed by atoms with E-state index in [1.165, 1.54) is 42.3 Å². The number of fused-ring (bicyclic) bond motifs is 3. The summed E-state index contributed by atoms with van der Waals surface area (Å²) in [7, 11) is 0. The predicted octanol–water partition coefficient (Wildman–Crippen LogP) is 4.81. The topological polar surface area (TPSA) is 28.5 Å². The highest BCUT2D eigenvalue weighted by molar-refractivity contribution is 5.96. The minimum Gasteiger partial charge on any atom is -0.322 e. The van der Waals surface area contributed by atoms with E-state index in [-0.39, 0.29) is 6.03 Å². The molecule has 0 radical (unpaired) electrons. The lowest BCUT2D eigenvalue weighted by atomic mass is 9.95. The third-order valence-electron chi connectivity index (χ3n) is 6.11. The first-order valence-corrected chi connectivity index (χ1v) is 10.4. The molecule has 0 N–H and O–H groups in total. The second-order valence-corrected chi connectivity index (χ2v) is 7.81. The Bertz CT molecular complexity index is 794. The van der Waals surface area contributed by atoms with Gasteiger partial charge in [0.05, 0.1) is 17.3 Å². The van der Waals surface area contributed by atoms with Gasteiger partial charge in [-0.3, -0.25) is 9.47 Å². The first-order valence-electron chi connectivity index (χ1n) is 10.4. The van der Waals surface area contributed by atoms with Crippen molar-refractivity contribution in [3.63, 3.8) is 0 Å². The van der Waals surface area contributed by atoms with Crippen LogP contribution < -0.4 is 0 Å². The third kappa shape index (κ3) is 2.84. The van der Waals surface area contributed by atoms with E-state index in [1.54, 1.807) is 0 Å². The van der Waals surface area contributed by atoms with Crippen molar-refractivity contribution in [2.45, 2.75) is 58.4 Å². The third-order valence-corrected chi connectivity index (χ3v) is 6.11. The SMILES string of the molecule is CCCCCN1CC2c3c(c4ccccc4n3C1=O)CCN2CCCC. The zero-order valence-electron chi connectivity index (χ0n) is 16.2. The van der Waals surface area contributed by atoms with Crippen molar-refractivity contribution in [3.05, 3.63) is 35.5 Å². The number of aromatic nitrogens is 1. The van der Waals surface area contributed by atoms with Gasteiger partial charge in [0.25, 0.3) is 0 Å². The molecule has 1 amide bonds. The van der Waals surface area contributed by atoms with Crippen LogP contribution in [0.25, 0.3) is 10.9 Å². The number of benzene rings is 1. The molecule has 0 spiro atoms. The molecule has 0 fully saturated rings. The Morgan fingerprint density at radius 2 is 1.85 bits per heavy atom. The largest absolute Gasteiger partial charge is 0.328 e. The van der Waals surface area contributed by atoms with Gasteiger partial charge in [0.15, 0.2) is 0 Å². The van der Waals surface area contributed by atoms with Gasteiger partial charge in [-0.1, -0.05) is 51.3 Å². The molecule has 140 valence electrons. The van der Waals surface area contributed by atoms with Crippen LogP contribution in [-0.2, 0) is 6.42 Å². The fraction of sp³-hybridized carbons (Fsp3) is 0.591. The van der Waals surface area contributed by atoms with Crippen molar-refractivity contribution in [2.24, 2.45) is 0 Å². The normalized spacial score (nSPS) is 20.0. The van der Waals surface area contributed by atoms with Gasteiger partial charge in [0.1, 0.15) is 0 Å². The molecular formula is C22H31N3O. The lowest BCUT2D eigenvalue weighted by Gasteiger charge is -2.43. The summed E-state index contributed by atoms with van der Waals surface area (Å²) in [5.74, 6) is 0. The molecular weight excluding hydrogens is 322 g/mol. The van der Waals surface area contributed by atoms with Crippen molar-refractivity contribution in [3.8, 4) is 0 Å². The highest BCUT2D eigenvalue weighted by Gasteiger charge is 2.40. The smallest absolute Gasteiger partial charge is 0.322 e. The highest BCUT2D eigenvalue weighted by Crippen LogP contribution is 2.40. The first kappa shape index (κ1) is 17.6. The van der Waals surface area contributed by atoms with Crippen LogP contribution in [0.1, 0.15) is 63.3 Å². The minimum absolute atomic E-state index is 0.187. The van der Waals surface area contributed by atoms with Gasteiger partial charge in [-0.25, -0.2) is 4.79 Å². The van der Waals surface area contributed by atoms with E-state index < -0.39 is 0 Å². The zero-order valence-corrected chi connectivity index (χ0v) is 16.2. The molecule has 0 saturated heterocycles. The molecule has 2 aliphatic rings. The van der Waals surface area contributed by atoms with Crippen LogP contribution in [0, 0.1) is 0 Å². The van der Waals surface area contributed by atoms with E-state index in [1.807, 2.05) is 4.57 Å². The Morgan fingerprint density at radius 3 is 2.65 bits per heavy atom. The van der Waals surface area contributed by atoms with E-state index in [2.05, 4.69) is 47.9 Å². The number of rotatable bonds is 7. The maximum Gasteiger partial charge on any atom is 0.328 e. The van der Waals surface area contributed by atoms with Crippen LogP contribution in [0.15, 0.2) is 24.3 Å². The summed E-state index contributed by atoms with van der Waals surface area (Å²) < 4.78 is 2.04. The standard InChI is InChI=1S/C22H31N3O/c1-3-5-9-14-24-16-20-21-18(12-15-23(20)13-6-4-2)17-10-7-8-11-19(17)25(21)22(24)26/h7-8,10-11,20H,3-6,9,12-16H2,1-2H3. The monoisotopic (exact) mass is 353 g/mol. The van der Waals surface area contributed by atoms with Crippen molar-refractivity contribution < 1.29 is 4.79 Å². The van der Waals surface area contributed by atoms with Crippen LogP contribution in [0.4, 0.5) is 4.79 Å². The second-order valence-electron chi connectivity index (χ2n) is 7.81. The molecule has 4 nitrogen and oxygen atoms in total. The lowest BCUT2D eigenvalue weighted by molar-refractivity contribution is 0.112. The maximum absolute atomic E-state index is 13.3. The molecule has 2 aliphatic heterocycles. The van der Waals surface area contributed by atoms with E-state index >= 15 is 0 Å². The number of nitrogens with zero attached hydrogens (tertiary/aromatic N) is 3. The summed E-state index contributed by atoms with van der Waals surface area (Å²) in [6.45, 7) is 8.47. The van der Waals surface area contributed by atoms with Gasteiger partial charge in [-0.05, 0) is 37.4 Å². The van der Waals surface area contributed by atoms with Crippen molar-refractivity contribution >= 4 is 16.9 Å². The molecule has 1 atom stereocenters. The number of hydrogen-bond donors (Lipinski definition) is 0. The van der Waals surface area contributed by atoms with Gasteiger partial charge >= 0.3 is 6.03 Å². The molecule has 0 bridgehead atoms. The summed E-state index contributed by atoms with van der Waals surface area (Å²) in [6, 6.07) is 9.03. The average molecular weight is 354 g/mol. The molecule has 1 aromatic heterocycles. The lowest BCUT2D eigenvalue weighted by Crippen LogP contribution is -2.51. The summed E-state index contributed by atoms with van der Waals surface area (Å²) in [5, 5.41) is 1.28. The predicted molar refractivity (Wildman–Crippen MR) is 107 cm³/mol. The van der Waals surface area contributed by atoms with Gasteiger partial charge < -0.3 is 4.90 Å². The van der Waals surface area contributed by atoms with Crippen LogP contribution >= 0.6 is 0 Å². The highest BCUT2D eigenvalue weighted by atomic mass is 16.2. The number of carbonyl (C=O) groups excluding carboxylic acids is 1. The van der Waals surface area contributed by atoms with E-state index in [0.717, 1.165) is 44.5 Å². The van der Waals surface area contributed by atoms with Crippen LogP contribution in [-0.4, -0.2) is 46.6 Å². The molecule has 3 heterocycles. The molecule has 0 saturated carbocycles. The molecule has 1 aromatic carbocycles. The zero-order chi connectivity index (χ0) is 18.1. The number of hydrogen-bond acceptors (Lipinski definition) is 2. The summed E-state index contributed by atoms with van der Waals surface area (Å²) in [6.07, 6.45) is 7.00. The van der Waals surface area contributed by atoms with E-state index in [0.29, 0.717) is 6.04 Å². The first-order chi connectivity index (χ1) is 12.8. The van der Waals surface area contributed by atoms with Gasteiger partial charge in [-0.15, -0.1) is 0 Å². The van der Waals surface area contributed by atoms with Gasteiger partial charge in [0.2, 0.25) is 0 Å². The van der Waals surface area contributed by atoms with Gasteiger partial charge in [-0.2, -0.15) is 0 Å². The van der Waals surface area contributed by atoms with E-state index in [4.69, 9.17) is 0 Å². The number of carbonyl (C=O) groups is 1. The van der Waals surface area contributed by atoms with Crippen LogP contribution in [0.2, 0.25) is 0 Å². The Balaban J connectivity index is 1.76. The fourth-order valence-electron chi connectivity index (χ4n) is 4.73. The average Bonchev–Trinajstić information content (AvgIpc) is 3.00. The maximum atomic E-state index is 13.3. The fourth-order valence-corrected chi connectivity index (χ4v) is 4.73. The molecule has 26 heavy (non-hydrogen) atoms. The molecule has 1 unspecified atom stereocenters. The minimum atomic E-state index is 0.187.